The number of rotatable bonds is 2. The van der Waals surface area contributed by atoms with Crippen LogP contribution in [0.15, 0.2) is 65.1 Å². The van der Waals surface area contributed by atoms with Gasteiger partial charge in [-0.1, -0.05) is 24.3 Å². The average Bonchev–Trinajstić information content (AvgIpc) is 3.04. The summed E-state index contributed by atoms with van der Waals surface area (Å²) in [6.45, 7) is 4.01. The van der Waals surface area contributed by atoms with Crippen LogP contribution >= 0.6 is 0 Å². The third kappa shape index (κ3) is 2.67. The Hall–Kier alpha value is -3.87. The van der Waals surface area contributed by atoms with Crippen molar-refractivity contribution in [1.82, 2.24) is 0 Å². The van der Waals surface area contributed by atoms with Gasteiger partial charge in [-0.05, 0) is 56.0 Å². The number of esters is 1. The van der Waals surface area contributed by atoms with Crippen molar-refractivity contribution in [2.45, 2.75) is 38.5 Å². The molecule has 2 aliphatic heterocycles. The van der Waals surface area contributed by atoms with Crippen molar-refractivity contribution in [3.05, 3.63) is 81.8 Å². The smallest absolute Gasteiger partial charge is 0.339 e. The van der Waals surface area contributed by atoms with E-state index < -0.39 is 11.4 Å². The summed E-state index contributed by atoms with van der Waals surface area (Å²) >= 11 is 0. The lowest BCUT2D eigenvalue weighted by molar-refractivity contribution is -0.138. The molecule has 0 aromatic heterocycles. The zero-order valence-electron chi connectivity index (χ0n) is 19.8. The Labute approximate surface area is 198 Å². The van der Waals surface area contributed by atoms with Crippen molar-refractivity contribution < 1.29 is 19.1 Å². The van der Waals surface area contributed by atoms with Gasteiger partial charge in [-0.3, -0.25) is 14.5 Å². The van der Waals surface area contributed by atoms with E-state index in [1.165, 1.54) is 12.0 Å². The molecule has 34 heavy (non-hydrogen) atoms. The first-order valence-electron chi connectivity index (χ1n) is 11.4. The van der Waals surface area contributed by atoms with Gasteiger partial charge in [0.2, 0.25) is 5.91 Å². The molecule has 3 aliphatic rings. The monoisotopic (exact) mass is 457 g/mol. The number of fused-ring (bicyclic) bond motifs is 3. The second-order valence-corrected chi connectivity index (χ2v) is 9.09. The molecule has 1 unspecified atom stereocenters. The van der Waals surface area contributed by atoms with Crippen LogP contribution in [-0.2, 0) is 24.5 Å². The quantitative estimate of drug-likeness (QED) is 0.695. The third-order valence-electron chi connectivity index (χ3n) is 7.33. The van der Waals surface area contributed by atoms with Crippen LogP contribution in [0.4, 0.5) is 11.4 Å². The topological polar surface area (TPSA) is 92.9 Å². The van der Waals surface area contributed by atoms with E-state index in [0.717, 1.165) is 16.8 Å². The summed E-state index contributed by atoms with van der Waals surface area (Å²) < 4.78 is 5.18. The highest BCUT2D eigenvalue weighted by Gasteiger charge is 2.63. The number of carbonyl (C=O) groups excluding carboxylic acids is 3. The SMILES string of the molecule is COC(=O)C1=C(N)N(c2ccc(C)c(C)c2)C2=C(C(=O)CCC2)C12C(=O)N(C)c1ccccc12. The standard InChI is InChI=1S/C27H27N3O4/c1-15-12-13-17(14-16(15)2)30-20-10-7-11-21(31)22(20)27(23(24(30)28)25(32)34-4)18-8-5-6-9-19(18)29(3)26(27)33/h5-6,8-9,12-14H,7,10-11,28H2,1-4H3. The molecular formula is C27H27N3O4. The minimum atomic E-state index is -1.63. The number of likely N-dealkylation sites (N-methyl/N-ethyl adjacent to an activating group) is 1. The number of Topliss-reactive ketones (excluding diaryl/α,β-unsaturated/α-hetero) is 1. The fraction of sp³-hybridized carbons (Fsp3) is 0.296. The highest BCUT2D eigenvalue weighted by Crippen LogP contribution is 2.56. The van der Waals surface area contributed by atoms with Crippen LogP contribution in [0.2, 0.25) is 0 Å². The summed E-state index contributed by atoms with van der Waals surface area (Å²) in [7, 11) is 2.92. The first-order chi connectivity index (χ1) is 16.2. The van der Waals surface area contributed by atoms with Gasteiger partial charge < -0.3 is 15.4 Å². The number of nitrogens with zero attached hydrogens (tertiary/aromatic N) is 2. The maximum absolute atomic E-state index is 14.1. The third-order valence-corrected chi connectivity index (χ3v) is 7.33. The molecule has 1 spiro atoms. The van der Waals surface area contributed by atoms with Crippen LogP contribution in [0.1, 0.15) is 36.0 Å². The average molecular weight is 458 g/mol. The summed E-state index contributed by atoms with van der Waals surface area (Å²) in [4.78, 5) is 44.4. The maximum Gasteiger partial charge on any atom is 0.339 e. The second kappa shape index (κ2) is 7.58. The number of para-hydroxylation sites is 1. The van der Waals surface area contributed by atoms with Crippen molar-refractivity contribution in [1.29, 1.82) is 0 Å². The van der Waals surface area contributed by atoms with Gasteiger partial charge in [0, 0.05) is 41.7 Å². The Balaban J connectivity index is 1.92. The number of ketones is 1. The summed E-state index contributed by atoms with van der Waals surface area (Å²) in [6, 6.07) is 13.1. The van der Waals surface area contributed by atoms with E-state index in [2.05, 4.69) is 0 Å². The zero-order valence-corrected chi connectivity index (χ0v) is 19.8. The summed E-state index contributed by atoms with van der Waals surface area (Å²) in [6.07, 6.45) is 1.50. The van der Waals surface area contributed by atoms with E-state index in [0.29, 0.717) is 41.8 Å². The van der Waals surface area contributed by atoms with E-state index in [1.54, 1.807) is 24.1 Å². The largest absolute Gasteiger partial charge is 0.466 e. The zero-order chi connectivity index (χ0) is 24.4. The maximum atomic E-state index is 14.1. The Morgan fingerprint density at radius 3 is 2.50 bits per heavy atom. The molecule has 0 saturated carbocycles. The van der Waals surface area contributed by atoms with E-state index in [9.17, 15) is 14.4 Å². The van der Waals surface area contributed by atoms with Crippen LogP contribution in [0, 0.1) is 13.8 Å². The number of carbonyl (C=O) groups is 3. The predicted octanol–water partition coefficient (Wildman–Crippen LogP) is 3.39. The van der Waals surface area contributed by atoms with E-state index in [-0.39, 0.29) is 23.1 Å². The molecule has 2 N–H and O–H groups in total. The number of hydrogen-bond acceptors (Lipinski definition) is 6. The number of nitrogens with two attached hydrogens (primary N) is 1. The molecule has 0 saturated heterocycles. The fourth-order valence-electron chi connectivity index (χ4n) is 5.61. The fourth-order valence-corrected chi connectivity index (χ4v) is 5.61. The van der Waals surface area contributed by atoms with E-state index >= 15 is 0 Å². The number of amides is 1. The number of allylic oxidation sites excluding steroid dienone is 1. The van der Waals surface area contributed by atoms with Gasteiger partial charge in [-0.25, -0.2) is 4.79 Å². The summed E-state index contributed by atoms with van der Waals surface area (Å²) in [5, 5.41) is 0. The van der Waals surface area contributed by atoms with Crippen molar-refractivity contribution in [2.75, 3.05) is 24.0 Å². The molecule has 1 aliphatic carbocycles. The summed E-state index contributed by atoms with van der Waals surface area (Å²) in [5.41, 5.74) is 10.3. The van der Waals surface area contributed by atoms with Gasteiger partial charge in [0.15, 0.2) is 5.78 Å². The molecule has 5 rings (SSSR count). The Morgan fingerprint density at radius 1 is 1.06 bits per heavy atom. The number of ether oxygens (including phenoxy) is 1. The summed E-state index contributed by atoms with van der Waals surface area (Å²) in [5.74, 6) is -1.14. The number of methoxy groups -OCH3 is 1. The lowest BCUT2D eigenvalue weighted by Crippen LogP contribution is -2.54. The minimum absolute atomic E-state index is 0.0102. The number of anilines is 2. The first kappa shape index (κ1) is 21.9. The predicted molar refractivity (Wildman–Crippen MR) is 129 cm³/mol. The van der Waals surface area contributed by atoms with Crippen LogP contribution in [0.3, 0.4) is 0 Å². The molecule has 7 heteroatoms. The molecule has 0 bridgehead atoms. The van der Waals surface area contributed by atoms with Gasteiger partial charge in [0.05, 0.1) is 7.11 Å². The van der Waals surface area contributed by atoms with E-state index in [4.69, 9.17) is 10.5 Å². The Bertz CT molecular complexity index is 1340. The normalized spacial score (nSPS) is 21.9. The van der Waals surface area contributed by atoms with Gasteiger partial charge in [0.1, 0.15) is 16.8 Å². The highest BCUT2D eigenvalue weighted by atomic mass is 16.5. The molecule has 0 fully saturated rings. The number of hydrogen-bond donors (Lipinski definition) is 1. The van der Waals surface area contributed by atoms with Crippen LogP contribution in [0.25, 0.3) is 0 Å². The highest BCUT2D eigenvalue weighted by molar-refractivity contribution is 6.24. The lowest BCUT2D eigenvalue weighted by Gasteiger charge is -2.44. The van der Waals surface area contributed by atoms with Crippen molar-refractivity contribution >= 4 is 29.0 Å². The lowest BCUT2D eigenvalue weighted by atomic mass is 9.63. The van der Waals surface area contributed by atoms with E-state index in [1.807, 2.05) is 44.2 Å². The Morgan fingerprint density at radius 2 is 1.79 bits per heavy atom. The first-order valence-corrected chi connectivity index (χ1v) is 11.4. The molecule has 2 heterocycles. The number of aryl methyl sites for hydroxylation is 2. The molecule has 1 amide bonds. The van der Waals surface area contributed by atoms with Crippen molar-refractivity contribution in [3.63, 3.8) is 0 Å². The van der Waals surface area contributed by atoms with Gasteiger partial charge in [-0.2, -0.15) is 0 Å². The van der Waals surface area contributed by atoms with Crippen molar-refractivity contribution in [2.24, 2.45) is 5.73 Å². The molecule has 7 nitrogen and oxygen atoms in total. The van der Waals surface area contributed by atoms with Gasteiger partial charge >= 0.3 is 5.97 Å². The molecule has 174 valence electrons. The van der Waals surface area contributed by atoms with Crippen LogP contribution in [-0.4, -0.2) is 31.8 Å². The Kier molecular flexibility index (Phi) is 4.90. The second-order valence-electron chi connectivity index (χ2n) is 9.09. The molecule has 2 aromatic rings. The molecule has 0 radical (unpaired) electrons. The van der Waals surface area contributed by atoms with Crippen molar-refractivity contribution in [3.8, 4) is 0 Å². The number of benzene rings is 2. The van der Waals surface area contributed by atoms with Crippen LogP contribution < -0.4 is 15.5 Å². The molecule has 1 atom stereocenters. The van der Waals surface area contributed by atoms with Gasteiger partial charge in [0.25, 0.3) is 0 Å². The van der Waals surface area contributed by atoms with Crippen LogP contribution in [0.5, 0.6) is 0 Å². The molecule has 2 aromatic carbocycles. The molecular weight excluding hydrogens is 430 g/mol. The minimum Gasteiger partial charge on any atom is -0.466 e. The van der Waals surface area contributed by atoms with Gasteiger partial charge in [-0.15, -0.1) is 0 Å².